The first-order valence-electron chi connectivity index (χ1n) is 6.36. The minimum absolute atomic E-state index is 0.0622. The van der Waals surface area contributed by atoms with Crippen molar-refractivity contribution in [2.45, 2.75) is 25.7 Å². The zero-order valence-electron chi connectivity index (χ0n) is 11.3. The third-order valence-corrected chi connectivity index (χ3v) is 2.92. The Labute approximate surface area is 123 Å². The molecule has 0 aliphatic rings. The lowest BCUT2D eigenvalue weighted by Gasteiger charge is -1.94. The summed E-state index contributed by atoms with van der Waals surface area (Å²) in [5, 5.41) is 36.5. The molecule has 2 aromatic rings. The minimum atomic E-state index is -1.01. The molecule has 22 heavy (non-hydrogen) atoms. The summed E-state index contributed by atoms with van der Waals surface area (Å²) < 4.78 is 0. The molecule has 0 fully saturated rings. The Morgan fingerprint density at radius 2 is 1.18 bits per heavy atom. The molecule has 0 saturated carbocycles. The maximum atomic E-state index is 10.5. The first-order valence-corrected chi connectivity index (χ1v) is 6.36. The quantitative estimate of drug-likeness (QED) is 0.422. The first-order chi connectivity index (χ1) is 10.4. The number of aromatic amines is 2. The fourth-order valence-corrected chi connectivity index (χ4v) is 1.84. The van der Waals surface area contributed by atoms with Crippen molar-refractivity contribution >= 4 is 11.9 Å². The standard InChI is InChI=1S/C12H14N4O6/c17-7(18)3-1-5-11(21)15-9(13-5)10-14-6(12(22)16-10)2-4-8(19)20/h21-22H,1-4H2,(H,13,15)(H,14,16)(H,17,18)(H,19,20). The third-order valence-electron chi connectivity index (χ3n) is 2.92. The summed E-state index contributed by atoms with van der Waals surface area (Å²) in [6.07, 6.45) is -0.232. The van der Waals surface area contributed by atoms with E-state index >= 15 is 0 Å². The molecule has 2 heterocycles. The Hall–Kier alpha value is -3.04. The van der Waals surface area contributed by atoms with Crippen LogP contribution in [-0.2, 0) is 22.4 Å². The van der Waals surface area contributed by atoms with E-state index in [1.54, 1.807) is 0 Å². The van der Waals surface area contributed by atoms with Crippen molar-refractivity contribution in [3.05, 3.63) is 11.4 Å². The molecular weight excluding hydrogens is 296 g/mol. The lowest BCUT2D eigenvalue weighted by Crippen LogP contribution is -1.98. The van der Waals surface area contributed by atoms with Gasteiger partial charge in [-0.1, -0.05) is 0 Å². The third kappa shape index (κ3) is 3.53. The molecule has 0 aliphatic carbocycles. The number of aryl methyl sites for hydroxylation is 2. The summed E-state index contributed by atoms with van der Waals surface area (Å²) in [4.78, 5) is 34.1. The second kappa shape index (κ2) is 6.16. The molecule has 0 aromatic carbocycles. The van der Waals surface area contributed by atoms with E-state index in [9.17, 15) is 19.8 Å². The Balaban J connectivity index is 2.18. The van der Waals surface area contributed by atoms with Crippen molar-refractivity contribution in [1.29, 1.82) is 0 Å². The van der Waals surface area contributed by atoms with Crippen LogP contribution in [0, 0.1) is 0 Å². The molecule has 0 saturated heterocycles. The number of rotatable bonds is 7. The second-order valence-electron chi connectivity index (χ2n) is 4.56. The van der Waals surface area contributed by atoms with E-state index in [0.717, 1.165) is 0 Å². The number of hydrogen-bond donors (Lipinski definition) is 6. The van der Waals surface area contributed by atoms with Crippen LogP contribution in [-0.4, -0.2) is 52.3 Å². The number of carboxylic acid groups (broad SMARTS) is 2. The van der Waals surface area contributed by atoms with E-state index in [1.165, 1.54) is 0 Å². The van der Waals surface area contributed by atoms with Gasteiger partial charge in [0.2, 0.25) is 11.8 Å². The summed E-state index contributed by atoms with van der Waals surface area (Å²) in [5.74, 6) is -2.48. The summed E-state index contributed by atoms with van der Waals surface area (Å²) >= 11 is 0. The number of nitrogens with zero attached hydrogens (tertiary/aromatic N) is 2. The Morgan fingerprint density at radius 3 is 1.50 bits per heavy atom. The van der Waals surface area contributed by atoms with Crippen molar-refractivity contribution < 1.29 is 30.0 Å². The number of H-pyrrole nitrogens is 2. The molecule has 0 amide bonds. The Kier molecular flexibility index (Phi) is 4.30. The average molecular weight is 310 g/mol. The van der Waals surface area contributed by atoms with E-state index in [2.05, 4.69) is 19.9 Å². The highest BCUT2D eigenvalue weighted by Gasteiger charge is 2.17. The first kappa shape index (κ1) is 15.4. The maximum Gasteiger partial charge on any atom is 0.303 e. The molecule has 2 aromatic heterocycles. The van der Waals surface area contributed by atoms with Gasteiger partial charge in [-0.15, -0.1) is 0 Å². The molecule has 2 rings (SSSR count). The zero-order chi connectivity index (χ0) is 16.3. The predicted molar refractivity (Wildman–Crippen MR) is 71.4 cm³/mol. The number of aromatic hydroxyl groups is 2. The van der Waals surface area contributed by atoms with Crippen LogP contribution in [0.25, 0.3) is 11.6 Å². The predicted octanol–water partition coefficient (Wildman–Crippen LogP) is 0.245. The van der Waals surface area contributed by atoms with Gasteiger partial charge >= 0.3 is 11.9 Å². The van der Waals surface area contributed by atoms with Crippen LogP contribution in [0.15, 0.2) is 0 Å². The number of carbonyl (C=O) groups is 2. The Morgan fingerprint density at radius 1 is 0.818 bits per heavy atom. The fourth-order valence-electron chi connectivity index (χ4n) is 1.84. The van der Waals surface area contributed by atoms with Gasteiger partial charge in [-0.05, 0) is 0 Å². The number of hydrogen-bond acceptors (Lipinski definition) is 6. The van der Waals surface area contributed by atoms with Gasteiger partial charge in [0, 0.05) is 12.8 Å². The lowest BCUT2D eigenvalue weighted by molar-refractivity contribution is -0.138. The molecule has 0 spiro atoms. The largest absolute Gasteiger partial charge is 0.492 e. The molecular formula is C12H14N4O6. The zero-order valence-corrected chi connectivity index (χ0v) is 11.3. The summed E-state index contributed by atoms with van der Waals surface area (Å²) in [5.41, 5.74) is 0.473. The fraction of sp³-hybridized carbons (Fsp3) is 0.333. The second-order valence-corrected chi connectivity index (χ2v) is 4.56. The van der Waals surface area contributed by atoms with Crippen LogP contribution in [0.3, 0.4) is 0 Å². The Bertz CT molecular complexity index is 644. The topological polar surface area (TPSA) is 172 Å². The molecule has 10 heteroatoms. The van der Waals surface area contributed by atoms with Gasteiger partial charge < -0.3 is 30.4 Å². The van der Waals surface area contributed by atoms with Gasteiger partial charge in [-0.2, -0.15) is 9.97 Å². The molecule has 0 atom stereocenters. The maximum absolute atomic E-state index is 10.5. The molecule has 0 aliphatic heterocycles. The number of aromatic nitrogens is 4. The van der Waals surface area contributed by atoms with Gasteiger partial charge in [0.15, 0.2) is 11.6 Å². The van der Waals surface area contributed by atoms with Crippen molar-refractivity contribution in [2.24, 2.45) is 0 Å². The molecule has 118 valence electrons. The number of nitrogens with one attached hydrogen (secondary N) is 2. The van der Waals surface area contributed by atoms with Gasteiger partial charge in [-0.25, -0.2) is 0 Å². The van der Waals surface area contributed by atoms with Crippen LogP contribution >= 0.6 is 0 Å². The highest BCUT2D eigenvalue weighted by atomic mass is 16.4. The van der Waals surface area contributed by atoms with E-state index in [4.69, 9.17) is 10.2 Å². The van der Waals surface area contributed by atoms with Crippen molar-refractivity contribution in [2.75, 3.05) is 0 Å². The smallest absolute Gasteiger partial charge is 0.303 e. The summed E-state index contributed by atoms with van der Waals surface area (Å²) in [6.45, 7) is 0. The SMILES string of the molecule is O=C(O)CCc1[nH]c(-c2nc(O)c(CCC(=O)O)[nH]2)nc1O. The monoisotopic (exact) mass is 310 g/mol. The van der Waals surface area contributed by atoms with Gasteiger partial charge in [0.25, 0.3) is 0 Å². The molecule has 10 nitrogen and oxygen atoms in total. The molecule has 0 radical (unpaired) electrons. The van der Waals surface area contributed by atoms with E-state index in [-0.39, 0.29) is 60.5 Å². The van der Waals surface area contributed by atoms with Gasteiger partial charge in [0.1, 0.15) is 0 Å². The van der Waals surface area contributed by atoms with Crippen molar-refractivity contribution in [3.63, 3.8) is 0 Å². The van der Waals surface area contributed by atoms with Gasteiger partial charge in [-0.3, -0.25) is 9.59 Å². The highest BCUT2D eigenvalue weighted by molar-refractivity contribution is 5.67. The lowest BCUT2D eigenvalue weighted by atomic mass is 10.2. The van der Waals surface area contributed by atoms with Crippen LogP contribution in [0.1, 0.15) is 24.2 Å². The van der Waals surface area contributed by atoms with Crippen LogP contribution in [0.4, 0.5) is 0 Å². The summed E-state index contributed by atoms with van der Waals surface area (Å²) in [6, 6.07) is 0. The molecule has 0 bridgehead atoms. The normalized spacial score (nSPS) is 10.7. The molecule has 0 unspecified atom stereocenters. The van der Waals surface area contributed by atoms with Crippen molar-refractivity contribution in [3.8, 4) is 23.4 Å². The number of aliphatic carboxylic acids is 2. The summed E-state index contributed by atoms with van der Waals surface area (Å²) in [7, 11) is 0. The van der Waals surface area contributed by atoms with Crippen LogP contribution in [0.2, 0.25) is 0 Å². The number of carboxylic acids is 2. The van der Waals surface area contributed by atoms with Crippen LogP contribution in [0.5, 0.6) is 11.8 Å². The van der Waals surface area contributed by atoms with Crippen LogP contribution < -0.4 is 0 Å². The van der Waals surface area contributed by atoms with Crippen molar-refractivity contribution in [1.82, 2.24) is 19.9 Å². The van der Waals surface area contributed by atoms with E-state index in [1.807, 2.05) is 0 Å². The van der Waals surface area contributed by atoms with Gasteiger partial charge in [0.05, 0.1) is 24.2 Å². The van der Waals surface area contributed by atoms with E-state index < -0.39 is 11.9 Å². The van der Waals surface area contributed by atoms with E-state index in [0.29, 0.717) is 0 Å². The highest BCUT2D eigenvalue weighted by Crippen LogP contribution is 2.25. The number of imidazole rings is 2. The minimum Gasteiger partial charge on any atom is -0.492 e. The average Bonchev–Trinajstić information content (AvgIpc) is 2.97. The molecule has 6 N–H and O–H groups in total.